The average Bonchev–Trinajstić information content (AvgIpc) is 2.47. The molecule has 0 aliphatic heterocycles. The van der Waals surface area contributed by atoms with E-state index < -0.39 is 0 Å². The summed E-state index contributed by atoms with van der Waals surface area (Å²) in [5.74, 6) is 1.37. The molecule has 0 unspecified atom stereocenters. The fraction of sp³-hybridized carbons (Fsp3) is 0.0667. The van der Waals surface area contributed by atoms with Crippen LogP contribution in [0.1, 0.15) is 0 Å². The van der Waals surface area contributed by atoms with Gasteiger partial charge in [-0.1, -0.05) is 35.9 Å². The van der Waals surface area contributed by atoms with E-state index in [2.05, 4.69) is 9.97 Å². The lowest BCUT2D eigenvalue weighted by molar-refractivity contribution is 0.415. The van der Waals surface area contributed by atoms with Crippen LogP contribution in [0.25, 0.3) is 22.3 Å². The van der Waals surface area contributed by atoms with Crippen molar-refractivity contribution in [2.24, 2.45) is 0 Å². The number of rotatable bonds is 2. The van der Waals surface area contributed by atoms with Gasteiger partial charge in [-0.25, -0.2) is 9.97 Å². The molecular formula is C15H11ClN2O. The maximum atomic E-state index is 6.20. The summed E-state index contributed by atoms with van der Waals surface area (Å²) >= 11 is 6.20. The maximum absolute atomic E-state index is 6.20. The summed E-state index contributed by atoms with van der Waals surface area (Å²) in [5, 5.41) is 1.32. The van der Waals surface area contributed by atoms with Gasteiger partial charge in [-0.15, -0.1) is 0 Å². The van der Waals surface area contributed by atoms with Crippen LogP contribution in [0.2, 0.25) is 5.15 Å². The van der Waals surface area contributed by atoms with E-state index in [0.29, 0.717) is 11.0 Å². The van der Waals surface area contributed by atoms with Gasteiger partial charge >= 0.3 is 0 Å². The Morgan fingerprint density at radius 3 is 2.68 bits per heavy atom. The molecule has 0 aliphatic carbocycles. The molecule has 0 radical (unpaired) electrons. The molecule has 0 aliphatic rings. The van der Waals surface area contributed by atoms with Gasteiger partial charge in [-0.2, -0.15) is 0 Å². The van der Waals surface area contributed by atoms with E-state index in [1.54, 1.807) is 7.11 Å². The summed E-state index contributed by atoms with van der Waals surface area (Å²) in [6.07, 6.45) is 0. The Hall–Kier alpha value is -2.13. The van der Waals surface area contributed by atoms with Crippen LogP contribution in [0, 0.1) is 0 Å². The molecule has 19 heavy (non-hydrogen) atoms. The second kappa shape index (κ2) is 4.86. The van der Waals surface area contributed by atoms with Gasteiger partial charge in [0.05, 0.1) is 12.6 Å². The fourth-order valence-electron chi connectivity index (χ4n) is 1.93. The van der Waals surface area contributed by atoms with Crippen molar-refractivity contribution in [1.82, 2.24) is 9.97 Å². The van der Waals surface area contributed by atoms with Crippen LogP contribution in [-0.4, -0.2) is 17.1 Å². The van der Waals surface area contributed by atoms with Crippen LogP contribution < -0.4 is 4.74 Å². The van der Waals surface area contributed by atoms with Crippen molar-refractivity contribution in [2.75, 3.05) is 7.11 Å². The SMILES string of the molecule is COc1cccc(-c2nc(Cl)c3ccccc3n2)c1. The third-order valence-electron chi connectivity index (χ3n) is 2.88. The number of methoxy groups -OCH3 is 1. The number of fused-ring (bicyclic) bond motifs is 1. The van der Waals surface area contributed by atoms with Crippen LogP contribution in [0.15, 0.2) is 48.5 Å². The lowest BCUT2D eigenvalue weighted by Crippen LogP contribution is -1.92. The van der Waals surface area contributed by atoms with Crippen molar-refractivity contribution in [2.45, 2.75) is 0 Å². The monoisotopic (exact) mass is 270 g/mol. The predicted molar refractivity (Wildman–Crippen MR) is 76.5 cm³/mol. The zero-order valence-corrected chi connectivity index (χ0v) is 11.1. The van der Waals surface area contributed by atoms with Gasteiger partial charge in [0.1, 0.15) is 10.9 Å². The smallest absolute Gasteiger partial charge is 0.161 e. The van der Waals surface area contributed by atoms with E-state index in [0.717, 1.165) is 22.2 Å². The van der Waals surface area contributed by atoms with Crippen LogP contribution >= 0.6 is 11.6 Å². The van der Waals surface area contributed by atoms with Crippen molar-refractivity contribution in [3.63, 3.8) is 0 Å². The lowest BCUT2D eigenvalue weighted by Gasteiger charge is -2.06. The van der Waals surface area contributed by atoms with Gasteiger partial charge in [-0.05, 0) is 24.3 Å². The van der Waals surface area contributed by atoms with Gasteiger partial charge in [0.25, 0.3) is 0 Å². The largest absolute Gasteiger partial charge is 0.497 e. The number of nitrogens with zero attached hydrogens (tertiary/aromatic N) is 2. The number of para-hydroxylation sites is 1. The van der Waals surface area contributed by atoms with Gasteiger partial charge in [0.2, 0.25) is 0 Å². The highest BCUT2D eigenvalue weighted by Crippen LogP contribution is 2.26. The molecule has 1 heterocycles. The summed E-state index contributed by atoms with van der Waals surface area (Å²) in [4.78, 5) is 8.88. The standard InChI is InChI=1S/C15H11ClN2O/c1-19-11-6-4-5-10(9-11)15-17-13-8-3-2-7-12(13)14(16)18-15/h2-9H,1H3. The summed E-state index contributed by atoms with van der Waals surface area (Å²) in [6, 6.07) is 15.3. The Kier molecular flexibility index (Phi) is 3.05. The molecule has 0 saturated heterocycles. The highest BCUT2D eigenvalue weighted by atomic mass is 35.5. The zero-order valence-electron chi connectivity index (χ0n) is 10.3. The molecule has 3 nitrogen and oxygen atoms in total. The minimum Gasteiger partial charge on any atom is -0.497 e. The molecule has 0 fully saturated rings. The first kappa shape index (κ1) is 11.9. The van der Waals surface area contributed by atoms with Crippen molar-refractivity contribution in [1.29, 1.82) is 0 Å². The Bertz CT molecular complexity index is 743. The Morgan fingerprint density at radius 1 is 1.00 bits per heavy atom. The zero-order chi connectivity index (χ0) is 13.2. The summed E-state index contributed by atoms with van der Waals surface area (Å²) < 4.78 is 5.21. The molecule has 0 amide bonds. The summed E-state index contributed by atoms with van der Waals surface area (Å²) in [5.41, 5.74) is 1.72. The van der Waals surface area contributed by atoms with E-state index in [9.17, 15) is 0 Å². The van der Waals surface area contributed by atoms with Gasteiger partial charge in [0.15, 0.2) is 5.82 Å². The van der Waals surface area contributed by atoms with E-state index in [1.165, 1.54) is 0 Å². The maximum Gasteiger partial charge on any atom is 0.161 e. The van der Waals surface area contributed by atoms with Crippen molar-refractivity contribution < 1.29 is 4.74 Å². The molecule has 0 atom stereocenters. The fourth-order valence-corrected chi connectivity index (χ4v) is 2.17. The van der Waals surface area contributed by atoms with Crippen LogP contribution in [0.4, 0.5) is 0 Å². The first-order valence-corrected chi connectivity index (χ1v) is 6.22. The summed E-state index contributed by atoms with van der Waals surface area (Å²) in [7, 11) is 1.63. The predicted octanol–water partition coefficient (Wildman–Crippen LogP) is 3.96. The number of halogens is 1. The van der Waals surface area contributed by atoms with Crippen molar-refractivity contribution >= 4 is 22.5 Å². The highest BCUT2D eigenvalue weighted by Gasteiger charge is 2.08. The van der Waals surface area contributed by atoms with Gasteiger partial charge < -0.3 is 4.74 Å². The van der Waals surface area contributed by atoms with E-state index in [1.807, 2.05) is 48.5 Å². The minimum absolute atomic E-state index is 0.461. The number of ether oxygens (including phenoxy) is 1. The lowest BCUT2D eigenvalue weighted by atomic mass is 10.2. The third-order valence-corrected chi connectivity index (χ3v) is 3.17. The Balaban J connectivity index is 2.19. The molecule has 4 heteroatoms. The average molecular weight is 271 g/mol. The molecule has 3 rings (SSSR count). The van der Waals surface area contributed by atoms with Crippen molar-refractivity contribution in [3.8, 4) is 17.1 Å². The second-order valence-electron chi connectivity index (χ2n) is 4.09. The molecule has 0 spiro atoms. The number of benzene rings is 2. The van der Waals surface area contributed by atoms with Gasteiger partial charge in [0, 0.05) is 10.9 Å². The second-order valence-corrected chi connectivity index (χ2v) is 4.45. The molecule has 1 aromatic heterocycles. The third kappa shape index (κ3) is 2.25. The van der Waals surface area contributed by atoms with Crippen molar-refractivity contribution in [3.05, 3.63) is 53.7 Å². The normalized spacial score (nSPS) is 10.6. The molecule has 94 valence electrons. The molecular weight excluding hydrogens is 260 g/mol. The van der Waals surface area contributed by atoms with Crippen LogP contribution in [0.5, 0.6) is 5.75 Å². The molecule has 3 aromatic rings. The number of aromatic nitrogens is 2. The Labute approximate surface area is 115 Å². The van der Waals surface area contributed by atoms with E-state index in [-0.39, 0.29) is 0 Å². The van der Waals surface area contributed by atoms with E-state index in [4.69, 9.17) is 16.3 Å². The quantitative estimate of drug-likeness (QED) is 0.661. The van der Waals surface area contributed by atoms with Gasteiger partial charge in [-0.3, -0.25) is 0 Å². The summed E-state index contributed by atoms with van der Waals surface area (Å²) in [6.45, 7) is 0. The van der Waals surface area contributed by atoms with Crippen LogP contribution in [0.3, 0.4) is 0 Å². The molecule has 0 N–H and O–H groups in total. The van der Waals surface area contributed by atoms with E-state index >= 15 is 0 Å². The first-order valence-electron chi connectivity index (χ1n) is 5.84. The topological polar surface area (TPSA) is 35.0 Å². The first-order chi connectivity index (χ1) is 9.28. The van der Waals surface area contributed by atoms with Crippen LogP contribution in [-0.2, 0) is 0 Å². The number of hydrogen-bond donors (Lipinski definition) is 0. The highest BCUT2D eigenvalue weighted by molar-refractivity contribution is 6.34. The molecule has 0 saturated carbocycles. The Morgan fingerprint density at radius 2 is 1.84 bits per heavy atom. The molecule has 0 bridgehead atoms. The molecule has 2 aromatic carbocycles. The minimum atomic E-state index is 0.461. The number of hydrogen-bond acceptors (Lipinski definition) is 3.